The van der Waals surface area contributed by atoms with Gasteiger partial charge in [-0.2, -0.15) is 0 Å². The van der Waals surface area contributed by atoms with Crippen molar-refractivity contribution in [2.24, 2.45) is 0 Å². The Morgan fingerprint density at radius 3 is 2.50 bits per heavy atom. The van der Waals surface area contributed by atoms with E-state index in [-0.39, 0.29) is 10.9 Å². The number of carbonyl (C=O) groups excluding carboxylic acids is 1. The number of fused-ring (bicyclic) bond motifs is 1. The van der Waals surface area contributed by atoms with E-state index in [2.05, 4.69) is 15.6 Å². The third kappa shape index (κ3) is 4.83. The van der Waals surface area contributed by atoms with Gasteiger partial charge in [-0.15, -0.1) is 0 Å². The predicted octanol–water partition coefficient (Wildman–Crippen LogP) is 3.01. The van der Waals surface area contributed by atoms with Gasteiger partial charge in [0.15, 0.2) is 0 Å². The van der Waals surface area contributed by atoms with Crippen LogP contribution < -0.4 is 10.6 Å². The molecular formula is C23H25N5O3S. The van der Waals surface area contributed by atoms with Crippen molar-refractivity contribution in [3.8, 4) is 0 Å². The fourth-order valence-electron chi connectivity index (χ4n) is 3.58. The molecule has 0 bridgehead atoms. The number of urea groups is 1. The Morgan fingerprint density at radius 1 is 0.969 bits per heavy atom. The molecule has 0 aliphatic heterocycles. The normalized spacial score (nSPS) is 11.5. The zero-order chi connectivity index (χ0) is 22.4. The Bertz CT molecular complexity index is 1280. The molecule has 32 heavy (non-hydrogen) atoms. The first-order valence-corrected chi connectivity index (χ1v) is 11.9. The van der Waals surface area contributed by atoms with Gasteiger partial charge in [0.05, 0.1) is 16.7 Å². The standard InChI is InChI=1S/C23H25N5O3S/c29-23(25-12-6-15-27-16-14-24-18-27)26-13-11-19-17-28(22-10-5-4-9-21(19)22)32(30,31)20-7-2-1-3-8-20/h1-5,7-10,14,16-18H,6,11-13,15H2,(H2,25,26,29). The van der Waals surface area contributed by atoms with Crippen LogP contribution in [0.4, 0.5) is 4.79 Å². The molecule has 0 aliphatic rings. The van der Waals surface area contributed by atoms with E-state index in [1.54, 1.807) is 55.1 Å². The number of benzene rings is 2. The molecule has 0 saturated heterocycles. The second kappa shape index (κ2) is 9.69. The highest BCUT2D eigenvalue weighted by Gasteiger charge is 2.20. The first kappa shape index (κ1) is 21.6. The van der Waals surface area contributed by atoms with E-state index in [1.165, 1.54) is 3.97 Å². The van der Waals surface area contributed by atoms with Crippen LogP contribution in [0.5, 0.6) is 0 Å². The molecule has 0 spiro atoms. The van der Waals surface area contributed by atoms with Crippen molar-refractivity contribution < 1.29 is 13.2 Å². The van der Waals surface area contributed by atoms with Crippen molar-refractivity contribution in [3.05, 3.63) is 85.1 Å². The van der Waals surface area contributed by atoms with Crippen molar-refractivity contribution in [3.63, 3.8) is 0 Å². The van der Waals surface area contributed by atoms with Gasteiger partial charge in [0, 0.05) is 43.6 Å². The Hall–Kier alpha value is -3.59. The number of aryl methyl sites for hydroxylation is 1. The molecular weight excluding hydrogens is 426 g/mol. The summed E-state index contributed by atoms with van der Waals surface area (Å²) in [6.07, 6.45) is 8.32. The quantitative estimate of drug-likeness (QED) is 0.382. The first-order chi connectivity index (χ1) is 15.6. The number of imidazole rings is 1. The molecule has 166 valence electrons. The average Bonchev–Trinajstić information content (AvgIpc) is 3.46. The van der Waals surface area contributed by atoms with Crippen LogP contribution in [0.1, 0.15) is 12.0 Å². The number of carbonyl (C=O) groups is 1. The van der Waals surface area contributed by atoms with Crippen molar-refractivity contribution in [1.82, 2.24) is 24.2 Å². The maximum Gasteiger partial charge on any atom is 0.314 e. The monoisotopic (exact) mass is 451 g/mol. The molecule has 0 atom stereocenters. The average molecular weight is 452 g/mol. The zero-order valence-corrected chi connectivity index (χ0v) is 18.3. The maximum absolute atomic E-state index is 13.2. The Balaban J connectivity index is 1.38. The van der Waals surface area contributed by atoms with Crippen LogP contribution >= 0.6 is 0 Å². The topological polar surface area (TPSA) is 98.0 Å². The lowest BCUT2D eigenvalue weighted by atomic mass is 10.1. The molecule has 8 nitrogen and oxygen atoms in total. The summed E-state index contributed by atoms with van der Waals surface area (Å²) >= 11 is 0. The molecule has 2 amide bonds. The third-order valence-corrected chi connectivity index (χ3v) is 6.87. The minimum absolute atomic E-state index is 0.237. The Morgan fingerprint density at radius 2 is 1.72 bits per heavy atom. The van der Waals surface area contributed by atoms with Gasteiger partial charge in [0.1, 0.15) is 0 Å². The van der Waals surface area contributed by atoms with Crippen LogP contribution in [0, 0.1) is 0 Å². The number of nitrogens with zero attached hydrogens (tertiary/aromatic N) is 3. The number of rotatable bonds is 9. The second-order valence-electron chi connectivity index (χ2n) is 7.37. The van der Waals surface area contributed by atoms with Gasteiger partial charge in [0.25, 0.3) is 10.0 Å². The van der Waals surface area contributed by atoms with Gasteiger partial charge in [-0.3, -0.25) is 0 Å². The van der Waals surface area contributed by atoms with Crippen LogP contribution in [0.2, 0.25) is 0 Å². The smallest absolute Gasteiger partial charge is 0.314 e. The molecule has 4 rings (SSSR count). The lowest BCUT2D eigenvalue weighted by molar-refractivity contribution is 0.240. The third-order valence-electron chi connectivity index (χ3n) is 5.18. The van der Waals surface area contributed by atoms with E-state index in [0.29, 0.717) is 25.0 Å². The molecule has 0 unspecified atom stereocenters. The number of hydrogen-bond acceptors (Lipinski definition) is 4. The predicted molar refractivity (Wildman–Crippen MR) is 123 cm³/mol. The summed E-state index contributed by atoms with van der Waals surface area (Å²) in [5.74, 6) is 0. The molecule has 2 aromatic carbocycles. The maximum atomic E-state index is 13.2. The number of nitrogens with one attached hydrogen (secondary N) is 2. The van der Waals surface area contributed by atoms with Crippen molar-refractivity contribution in [2.45, 2.75) is 24.3 Å². The molecule has 2 N–H and O–H groups in total. The van der Waals surface area contributed by atoms with Crippen LogP contribution in [-0.4, -0.2) is 41.1 Å². The SMILES string of the molecule is O=C(NCCCn1ccnc1)NCCc1cn(S(=O)(=O)c2ccccc2)c2ccccc12. The molecule has 0 aliphatic carbocycles. The highest BCUT2D eigenvalue weighted by molar-refractivity contribution is 7.90. The second-order valence-corrected chi connectivity index (χ2v) is 9.19. The van der Waals surface area contributed by atoms with E-state index in [0.717, 1.165) is 23.9 Å². The fourth-order valence-corrected chi connectivity index (χ4v) is 4.99. The molecule has 2 heterocycles. The minimum atomic E-state index is -3.71. The number of para-hydroxylation sites is 1. The Kier molecular flexibility index (Phi) is 6.55. The summed E-state index contributed by atoms with van der Waals surface area (Å²) < 4.78 is 29.6. The van der Waals surface area contributed by atoms with E-state index < -0.39 is 10.0 Å². The van der Waals surface area contributed by atoms with Crippen molar-refractivity contribution in [2.75, 3.05) is 13.1 Å². The molecule has 0 radical (unpaired) electrons. The summed E-state index contributed by atoms with van der Waals surface area (Å²) in [6.45, 7) is 1.74. The van der Waals surface area contributed by atoms with Gasteiger partial charge >= 0.3 is 6.03 Å². The van der Waals surface area contributed by atoms with E-state index in [9.17, 15) is 13.2 Å². The van der Waals surface area contributed by atoms with Crippen molar-refractivity contribution in [1.29, 1.82) is 0 Å². The highest BCUT2D eigenvalue weighted by atomic mass is 32.2. The van der Waals surface area contributed by atoms with Gasteiger partial charge in [-0.25, -0.2) is 22.2 Å². The first-order valence-electron chi connectivity index (χ1n) is 10.4. The molecule has 2 aromatic heterocycles. The summed E-state index contributed by atoms with van der Waals surface area (Å²) in [5.41, 5.74) is 1.48. The number of amides is 2. The number of aromatic nitrogens is 3. The lowest BCUT2D eigenvalue weighted by Crippen LogP contribution is -2.37. The highest BCUT2D eigenvalue weighted by Crippen LogP contribution is 2.26. The van der Waals surface area contributed by atoms with Crippen LogP contribution in [0.15, 0.2) is 84.4 Å². The summed E-state index contributed by atoms with van der Waals surface area (Å²) in [6, 6.07) is 15.5. The molecule has 0 saturated carbocycles. The van der Waals surface area contributed by atoms with E-state index in [1.807, 2.05) is 29.0 Å². The van der Waals surface area contributed by atoms with Gasteiger partial charge in [0.2, 0.25) is 0 Å². The Labute approximate surface area is 186 Å². The fraction of sp³-hybridized carbons (Fsp3) is 0.217. The molecule has 9 heteroatoms. The summed E-state index contributed by atoms with van der Waals surface area (Å²) in [7, 11) is -3.71. The van der Waals surface area contributed by atoms with E-state index >= 15 is 0 Å². The van der Waals surface area contributed by atoms with Gasteiger partial charge in [-0.05, 0) is 36.6 Å². The van der Waals surface area contributed by atoms with Crippen LogP contribution in [0.3, 0.4) is 0 Å². The molecule has 0 fully saturated rings. The van der Waals surface area contributed by atoms with E-state index in [4.69, 9.17) is 0 Å². The molecule has 4 aromatic rings. The number of hydrogen-bond donors (Lipinski definition) is 2. The summed E-state index contributed by atoms with van der Waals surface area (Å²) in [4.78, 5) is 16.3. The van der Waals surface area contributed by atoms with Gasteiger partial charge in [-0.1, -0.05) is 36.4 Å². The summed E-state index contributed by atoms with van der Waals surface area (Å²) in [5, 5.41) is 6.53. The largest absolute Gasteiger partial charge is 0.338 e. The minimum Gasteiger partial charge on any atom is -0.338 e. The van der Waals surface area contributed by atoms with Crippen LogP contribution in [-0.2, 0) is 23.0 Å². The zero-order valence-electron chi connectivity index (χ0n) is 17.5. The van der Waals surface area contributed by atoms with Gasteiger partial charge < -0.3 is 15.2 Å². The van der Waals surface area contributed by atoms with Crippen LogP contribution in [0.25, 0.3) is 10.9 Å². The lowest BCUT2D eigenvalue weighted by Gasteiger charge is -2.08. The van der Waals surface area contributed by atoms with Crippen molar-refractivity contribution >= 4 is 27.0 Å².